The number of sulfonamides is 1. The average molecular weight is 575 g/mol. The number of rotatable bonds is 10. The smallest absolute Gasteiger partial charge is 0.387 e. The van der Waals surface area contributed by atoms with Gasteiger partial charge in [-0.2, -0.15) is 8.78 Å². The Kier molecular flexibility index (Phi) is 11.8. The van der Waals surface area contributed by atoms with Crippen LogP contribution in [0.2, 0.25) is 0 Å². The second kappa shape index (κ2) is 13.2. The van der Waals surface area contributed by atoms with E-state index in [4.69, 9.17) is 0 Å². The number of benzene rings is 1. The van der Waals surface area contributed by atoms with Gasteiger partial charge in [0, 0.05) is 46.3 Å². The minimum Gasteiger partial charge on any atom is -0.433 e. The highest BCUT2D eigenvalue weighted by Crippen LogP contribution is 2.31. The number of aliphatic imine (C=N–C) groups is 1. The van der Waals surface area contributed by atoms with Gasteiger partial charge in [-0.3, -0.25) is 4.99 Å². The van der Waals surface area contributed by atoms with Crippen molar-refractivity contribution in [2.24, 2.45) is 4.99 Å². The molecule has 178 valence electrons. The Bertz CT molecular complexity index is 813. The lowest BCUT2D eigenvalue weighted by molar-refractivity contribution is -0.0495. The van der Waals surface area contributed by atoms with E-state index in [1.165, 1.54) is 4.31 Å². The van der Waals surface area contributed by atoms with Crippen molar-refractivity contribution < 1.29 is 21.9 Å². The summed E-state index contributed by atoms with van der Waals surface area (Å²) in [5.74, 6) is 0.880. The molecule has 0 radical (unpaired) electrons. The highest BCUT2D eigenvalue weighted by molar-refractivity contribution is 14.0. The van der Waals surface area contributed by atoms with E-state index in [9.17, 15) is 17.2 Å². The second-order valence-corrected chi connectivity index (χ2v) is 9.36. The summed E-state index contributed by atoms with van der Waals surface area (Å²) in [5, 5.41) is 6.52. The Morgan fingerprint density at radius 2 is 2.10 bits per heavy atom. The second-order valence-electron chi connectivity index (χ2n) is 7.00. The Hall–Kier alpha value is -1.41. The van der Waals surface area contributed by atoms with E-state index in [1.54, 1.807) is 45.3 Å². The van der Waals surface area contributed by atoms with Crippen LogP contribution in [-0.4, -0.2) is 77.4 Å². The molecule has 0 saturated carbocycles. The van der Waals surface area contributed by atoms with E-state index in [0.717, 1.165) is 6.42 Å². The first-order valence-corrected chi connectivity index (χ1v) is 11.6. The standard InChI is InChI=1S/C19H31F2N5O3S.HI/c1-4-30(27,28)25(3)12-7-11-23-19(22-2)24-15-10-13-26(14-15)16-8-5-6-9-17(16)29-18(20)21;/h5-6,8-9,15,18H,4,7,10-14H2,1-3H3,(H2,22,23,24);1H. The molecule has 0 amide bonds. The number of para-hydroxylation sites is 2. The number of guanidine groups is 1. The normalized spacial score (nSPS) is 17.1. The maximum Gasteiger partial charge on any atom is 0.387 e. The first-order chi connectivity index (χ1) is 14.3. The van der Waals surface area contributed by atoms with Crippen LogP contribution < -0.4 is 20.3 Å². The third-order valence-electron chi connectivity index (χ3n) is 4.96. The van der Waals surface area contributed by atoms with E-state index in [1.807, 2.05) is 4.90 Å². The Morgan fingerprint density at radius 3 is 2.74 bits per heavy atom. The van der Waals surface area contributed by atoms with Gasteiger partial charge < -0.3 is 20.3 Å². The summed E-state index contributed by atoms with van der Waals surface area (Å²) in [6, 6.07) is 6.87. The lowest BCUT2D eigenvalue weighted by Gasteiger charge is -2.22. The molecule has 1 fully saturated rings. The van der Waals surface area contributed by atoms with Crippen molar-refractivity contribution in [1.29, 1.82) is 0 Å². The number of halogens is 3. The molecular weight excluding hydrogens is 543 g/mol. The molecule has 12 heteroatoms. The van der Waals surface area contributed by atoms with E-state index in [0.29, 0.717) is 44.2 Å². The molecule has 1 heterocycles. The van der Waals surface area contributed by atoms with E-state index in [2.05, 4.69) is 20.4 Å². The van der Waals surface area contributed by atoms with Gasteiger partial charge in [0.05, 0.1) is 11.4 Å². The minimum absolute atomic E-state index is 0. The number of ether oxygens (including phenoxy) is 1. The monoisotopic (exact) mass is 575 g/mol. The molecule has 31 heavy (non-hydrogen) atoms. The van der Waals surface area contributed by atoms with Crippen LogP contribution in [0, 0.1) is 0 Å². The van der Waals surface area contributed by atoms with Crippen LogP contribution in [0.4, 0.5) is 14.5 Å². The molecule has 2 N–H and O–H groups in total. The number of hydrogen-bond donors (Lipinski definition) is 2. The SMILES string of the molecule is CCS(=O)(=O)N(C)CCCNC(=NC)NC1CCN(c2ccccc2OC(F)F)C1.I. The Labute approximate surface area is 200 Å². The Balaban J connectivity index is 0.00000480. The number of alkyl halides is 2. The molecule has 2 rings (SSSR count). The largest absolute Gasteiger partial charge is 0.433 e. The lowest BCUT2D eigenvalue weighted by Crippen LogP contribution is -2.45. The van der Waals surface area contributed by atoms with Gasteiger partial charge in [-0.05, 0) is 31.9 Å². The van der Waals surface area contributed by atoms with E-state index in [-0.39, 0.29) is 41.5 Å². The number of hydrogen-bond acceptors (Lipinski definition) is 5. The van der Waals surface area contributed by atoms with Gasteiger partial charge in [0.25, 0.3) is 0 Å². The first kappa shape index (κ1) is 27.6. The third kappa shape index (κ3) is 8.56. The molecule has 1 aliphatic heterocycles. The molecule has 1 aromatic carbocycles. The molecule has 1 aliphatic rings. The quantitative estimate of drug-likeness (QED) is 0.193. The zero-order valence-electron chi connectivity index (χ0n) is 18.1. The summed E-state index contributed by atoms with van der Waals surface area (Å²) < 4.78 is 54.8. The van der Waals surface area contributed by atoms with Crippen molar-refractivity contribution in [3.8, 4) is 5.75 Å². The zero-order valence-corrected chi connectivity index (χ0v) is 21.2. The minimum atomic E-state index is -3.17. The van der Waals surface area contributed by atoms with Crippen LogP contribution in [0.25, 0.3) is 0 Å². The van der Waals surface area contributed by atoms with Gasteiger partial charge in [0.1, 0.15) is 5.75 Å². The molecule has 0 bridgehead atoms. The molecule has 8 nitrogen and oxygen atoms in total. The van der Waals surface area contributed by atoms with Crippen molar-refractivity contribution >= 4 is 45.6 Å². The Morgan fingerprint density at radius 1 is 1.39 bits per heavy atom. The van der Waals surface area contributed by atoms with Crippen LogP contribution in [0.5, 0.6) is 5.75 Å². The molecular formula is C19H32F2IN5O3S. The number of anilines is 1. The fraction of sp³-hybridized carbons (Fsp3) is 0.632. The molecule has 0 spiro atoms. The van der Waals surface area contributed by atoms with Gasteiger partial charge in [-0.25, -0.2) is 12.7 Å². The fourth-order valence-corrected chi connectivity index (χ4v) is 4.11. The topological polar surface area (TPSA) is 86.3 Å². The molecule has 1 aromatic rings. The van der Waals surface area contributed by atoms with Crippen molar-refractivity contribution in [3.05, 3.63) is 24.3 Å². The fourth-order valence-electron chi connectivity index (χ4n) is 3.27. The summed E-state index contributed by atoms with van der Waals surface area (Å²) in [7, 11) is 0.0763. The highest BCUT2D eigenvalue weighted by Gasteiger charge is 2.26. The van der Waals surface area contributed by atoms with Crippen molar-refractivity contribution in [2.75, 3.05) is 50.9 Å². The summed E-state index contributed by atoms with van der Waals surface area (Å²) >= 11 is 0. The molecule has 1 saturated heterocycles. The molecule has 0 aromatic heterocycles. The summed E-state index contributed by atoms with van der Waals surface area (Å²) in [6.07, 6.45) is 1.47. The van der Waals surface area contributed by atoms with Crippen LogP contribution in [-0.2, 0) is 10.0 Å². The predicted molar refractivity (Wildman–Crippen MR) is 130 cm³/mol. The van der Waals surface area contributed by atoms with Crippen LogP contribution in [0.1, 0.15) is 19.8 Å². The van der Waals surface area contributed by atoms with E-state index < -0.39 is 16.6 Å². The first-order valence-electron chi connectivity index (χ1n) is 9.96. The third-order valence-corrected chi connectivity index (χ3v) is 6.82. The summed E-state index contributed by atoms with van der Waals surface area (Å²) in [6.45, 7) is 1.10. The molecule has 1 atom stereocenters. The van der Waals surface area contributed by atoms with Crippen molar-refractivity contribution in [1.82, 2.24) is 14.9 Å². The maximum atomic E-state index is 12.7. The van der Waals surface area contributed by atoms with Gasteiger partial charge in [-0.1, -0.05) is 12.1 Å². The molecule has 1 unspecified atom stereocenters. The van der Waals surface area contributed by atoms with Gasteiger partial charge in [0.15, 0.2) is 5.96 Å². The van der Waals surface area contributed by atoms with Crippen LogP contribution in [0.3, 0.4) is 0 Å². The van der Waals surface area contributed by atoms with Gasteiger partial charge in [-0.15, -0.1) is 24.0 Å². The van der Waals surface area contributed by atoms with Crippen molar-refractivity contribution in [3.63, 3.8) is 0 Å². The van der Waals surface area contributed by atoms with Crippen molar-refractivity contribution in [2.45, 2.75) is 32.4 Å². The van der Waals surface area contributed by atoms with Gasteiger partial charge >= 0.3 is 6.61 Å². The van der Waals surface area contributed by atoms with E-state index >= 15 is 0 Å². The zero-order chi connectivity index (χ0) is 22.1. The van der Waals surface area contributed by atoms with Crippen LogP contribution in [0.15, 0.2) is 29.3 Å². The average Bonchev–Trinajstić information content (AvgIpc) is 3.18. The van der Waals surface area contributed by atoms with Gasteiger partial charge in [0.2, 0.25) is 10.0 Å². The lowest BCUT2D eigenvalue weighted by atomic mass is 10.2. The summed E-state index contributed by atoms with van der Waals surface area (Å²) in [4.78, 5) is 6.22. The number of nitrogens with zero attached hydrogens (tertiary/aromatic N) is 3. The maximum absolute atomic E-state index is 12.7. The highest BCUT2D eigenvalue weighted by atomic mass is 127. The molecule has 0 aliphatic carbocycles. The summed E-state index contributed by atoms with van der Waals surface area (Å²) in [5.41, 5.74) is 0.644. The number of nitrogens with one attached hydrogen (secondary N) is 2. The van der Waals surface area contributed by atoms with Crippen LogP contribution >= 0.6 is 24.0 Å². The predicted octanol–water partition coefficient (Wildman–Crippen LogP) is 2.32.